The summed E-state index contributed by atoms with van der Waals surface area (Å²) in [7, 11) is 0. The summed E-state index contributed by atoms with van der Waals surface area (Å²) in [5.41, 5.74) is -0.142. The summed E-state index contributed by atoms with van der Waals surface area (Å²) in [5.74, 6) is 0.913. The Balaban J connectivity index is 1.27. The normalized spacial score (nSPS) is 26.7. The highest BCUT2D eigenvalue weighted by atomic mass is 16.7. The molecule has 1 atom stereocenters. The van der Waals surface area contributed by atoms with Crippen molar-refractivity contribution in [1.82, 2.24) is 15.5 Å². The Labute approximate surface area is 180 Å². The molecule has 1 aliphatic carbocycles. The maximum Gasteiger partial charge on any atom is 0.325 e. The molecule has 0 radical (unpaired) electrons. The van der Waals surface area contributed by atoms with Crippen molar-refractivity contribution in [3.05, 3.63) is 23.8 Å². The SMILES string of the molecule is CC1(C2CC2)NC(=O)N(CC(=O)NCC2(c3ccc4c(c3)OCO4)CCOCC2)C1=O. The molecule has 9 nitrogen and oxygen atoms in total. The molecule has 1 aromatic rings. The second kappa shape index (κ2) is 7.40. The number of hydrogen-bond acceptors (Lipinski definition) is 6. The van der Waals surface area contributed by atoms with Crippen LogP contribution in [0, 0.1) is 5.92 Å². The highest BCUT2D eigenvalue weighted by molar-refractivity contribution is 6.09. The van der Waals surface area contributed by atoms with Gasteiger partial charge in [0.05, 0.1) is 0 Å². The zero-order valence-electron chi connectivity index (χ0n) is 17.6. The Morgan fingerprint density at radius 3 is 2.68 bits per heavy atom. The zero-order chi connectivity index (χ0) is 21.6. The summed E-state index contributed by atoms with van der Waals surface area (Å²) in [4.78, 5) is 38.9. The summed E-state index contributed by atoms with van der Waals surface area (Å²) in [6.45, 7) is 3.25. The first-order valence-corrected chi connectivity index (χ1v) is 10.8. The first-order valence-electron chi connectivity index (χ1n) is 10.8. The van der Waals surface area contributed by atoms with E-state index < -0.39 is 11.6 Å². The number of imide groups is 1. The Morgan fingerprint density at radius 1 is 1.19 bits per heavy atom. The van der Waals surface area contributed by atoms with Gasteiger partial charge in [-0.1, -0.05) is 6.07 Å². The maximum absolute atomic E-state index is 12.8. The molecule has 31 heavy (non-hydrogen) atoms. The molecule has 0 aromatic heterocycles. The Hall–Kier alpha value is -2.81. The minimum absolute atomic E-state index is 0.161. The molecular formula is C22H27N3O6. The average Bonchev–Trinajstić information content (AvgIpc) is 3.49. The Kier molecular flexibility index (Phi) is 4.80. The van der Waals surface area contributed by atoms with E-state index in [0.29, 0.717) is 31.3 Å². The minimum Gasteiger partial charge on any atom is -0.454 e. The smallest absolute Gasteiger partial charge is 0.325 e. The van der Waals surface area contributed by atoms with Crippen molar-refractivity contribution in [2.45, 2.75) is 43.6 Å². The molecule has 9 heteroatoms. The molecule has 5 rings (SSSR count). The number of benzene rings is 1. The van der Waals surface area contributed by atoms with Gasteiger partial charge in [0.2, 0.25) is 12.7 Å². The number of amides is 4. The number of rotatable bonds is 6. The van der Waals surface area contributed by atoms with Crippen LogP contribution in [0.15, 0.2) is 18.2 Å². The van der Waals surface area contributed by atoms with Crippen molar-refractivity contribution in [2.24, 2.45) is 5.92 Å². The molecule has 3 heterocycles. The van der Waals surface area contributed by atoms with Crippen molar-refractivity contribution >= 4 is 17.8 Å². The van der Waals surface area contributed by atoms with Crippen LogP contribution in [0.2, 0.25) is 0 Å². The van der Waals surface area contributed by atoms with Crippen molar-refractivity contribution in [1.29, 1.82) is 0 Å². The standard InChI is InChI=1S/C22H27N3O6/c1-21(14-2-3-14)19(27)25(20(28)24-21)11-18(26)23-12-22(6-8-29-9-7-22)15-4-5-16-17(10-15)31-13-30-16/h4-5,10,14H,2-3,6-9,11-13H2,1H3,(H,23,26)(H,24,28). The number of carbonyl (C=O) groups excluding carboxylic acids is 3. The van der Waals surface area contributed by atoms with Gasteiger partial charge >= 0.3 is 6.03 Å². The third kappa shape index (κ3) is 3.50. The molecular weight excluding hydrogens is 402 g/mol. The first kappa shape index (κ1) is 20.1. The van der Waals surface area contributed by atoms with Gasteiger partial charge in [-0.3, -0.25) is 14.5 Å². The molecule has 3 fully saturated rings. The third-order valence-electron chi connectivity index (χ3n) is 7.06. The number of hydrogen-bond donors (Lipinski definition) is 2. The van der Waals surface area contributed by atoms with Crippen LogP contribution < -0.4 is 20.1 Å². The first-order chi connectivity index (χ1) is 14.9. The van der Waals surface area contributed by atoms with Gasteiger partial charge in [0.15, 0.2) is 11.5 Å². The van der Waals surface area contributed by atoms with Crippen LogP contribution in [0.1, 0.15) is 38.2 Å². The summed E-state index contributed by atoms with van der Waals surface area (Å²) in [6, 6.07) is 5.37. The Bertz CT molecular complexity index is 924. The van der Waals surface area contributed by atoms with E-state index in [-0.39, 0.29) is 36.5 Å². The molecule has 2 N–H and O–H groups in total. The molecule has 3 aliphatic heterocycles. The Morgan fingerprint density at radius 2 is 1.94 bits per heavy atom. The third-order valence-corrected chi connectivity index (χ3v) is 7.06. The maximum atomic E-state index is 12.8. The second-order valence-corrected chi connectivity index (χ2v) is 9.04. The van der Waals surface area contributed by atoms with Crippen LogP contribution in [0.4, 0.5) is 4.79 Å². The molecule has 1 aromatic carbocycles. The number of nitrogens with zero attached hydrogens (tertiary/aromatic N) is 1. The minimum atomic E-state index is -0.883. The largest absolute Gasteiger partial charge is 0.454 e. The van der Waals surface area contributed by atoms with E-state index in [4.69, 9.17) is 14.2 Å². The molecule has 166 valence electrons. The fourth-order valence-corrected chi connectivity index (χ4v) is 4.82. The number of fused-ring (bicyclic) bond motifs is 1. The van der Waals surface area contributed by atoms with Crippen LogP contribution in [0.5, 0.6) is 11.5 Å². The lowest BCUT2D eigenvalue weighted by Crippen LogP contribution is -2.49. The predicted octanol–water partition coefficient (Wildman–Crippen LogP) is 1.30. The van der Waals surface area contributed by atoms with Gasteiger partial charge in [-0.25, -0.2) is 4.79 Å². The van der Waals surface area contributed by atoms with Crippen molar-refractivity contribution in [3.63, 3.8) is 0 Å². The van der Waals surface area contributed by atoms with Gasteiger partial charge in [0.25, 0.3) is 5.91 Å². The van der Waals surface area contributed by atoms with E-state index in [2.05, 4.69) is 10.6 Å². The van der Waals surface area contributed by atoms with E-state index >= 15 is 0 Å². The van der Waals surface area contributed by atoms with Gasteiger partial charge in [0, 0.05) is 25.2 Å². The van der Waals surface area contributed by atoms with Crippen molar-refractivity contribution < 1.29 is 28.6 Å². The fourth-order valence-electron chi connectivity index (χ4n) is 4.82. The lowest BCUT2D eigenvalue weighted by atomic mass is 9.74. The lowest BCUT2D eigenvalue weighted by molar-refractivity contribution is -0.135. The highest BCUT2D eigenvalue weighted by Gasteiger charge is 2.56. The average molecular weight is 429 g/mol. The molecule has 4 amide bonds. The van der Waals surface area contributed by atoms with E-state index in [0.717, 1.165) is 36.1 Å². The molecule has 0 bridgehead atoms. The number of urea groups is 1. The number of carbonyl (C=O) groups is 3. The molecule has 1 unspecified atom stereocenters. The van der Waals surface area contributed by atoms with Gasteiger partial charge < -0.3 is 24.8 Å². The van der Waals surface area contributed by atoms with E-state index in [9.17, 15) is 14.4 Å². The van der Waals surface area contributed by atoms with Crippen LogP contribution >= 0.6 is 0 Å². The van der Waals surface area contributed by atoms with Crippen LogP contribution in [-0.4, -0.2) is 61.4 Å². The van der Waals surface area contributed by atoms with Gasteiger partial charge in [-0.15, -0.1) is 0 Å². The summed E-state index contributed by atoms with van der Waals surface area (Å²) >= 11 is 0. The summed E-state index contributed by atoms with van der Waals surface area (Å²) in [6.07, 6.45) is 3.33. The van der Waals surface area contributed by atoms with Crippen molar-refractivity contribution in [2.75, 3.05) is 33.1 Å². The fraction of sp³-hybridized carbons (Fsp3) is 0.591. The molecule has 0 spiro atoms. The topological polar surface area (TPSA) is 106 Å². The van der Waals surface area contributed by atoms with E-state index in [1.165, 1.54) is 0 Å². The monoisotopic (exact) mass is 429 g/mol. The highest BCUT2D eigenvalue weighted by Crippen LogP contribution is 2.43. The van der Waals surface area contributed by atoms with Crippen molar-refractivity contribution in [3.8, 4) is 11.5 Å². The van der Waals surface area contributed by atoms with E-state index in [1.807, 2.05) is 18.2 Å². The quantitative estimate of drug-likeness (QED) is 0.661. The zero-order valence-corrected chi connectivity index (χ0v) is 17.6. The summed E-state index contributed by atoms with van der Waals surface area (Å²) < 4.78 is 16.5. The van der Waals surface area contributed by atoms with Gasteiger partial charge in [-0.2, -0.15) is 0 Å². The van der Waals surface area contributed by atoms with Crippen LogP contribution in [-0.2, 0) is 19.7 Å². The van der Waals surface area contributed by atoms with Gasteiger partial charge in [0.1, 0.15) is 12.1 Å². The summed E-state index contributed by atoms with van der Waals surface area (Å²) in [5, 5.41) is 5.73. The molecule has 1 saturated carbocycles. The number of ether oxygens (including phenoxy) is 3. The second-order valence-electron chi connectivity index (χ2n) is 9.04. The predicted molar refractivity (Wildman–Crippen MR) is 109 cm³/mol. The van der Waals surface area contributed by atoms with Crippen LogP contribution in [0.3, 0.4) is 0 Å². The molecule has 2 saturated heterocycles. The van der Waals surface area contributed by atoms with E-state index in [1.54, 1.807) is 6.92 Å². The molecule has 4 aliphatic rings. The number of nitrogens with one attached hydrogen (secondary N) is 2. The lowest BCUT2D eigenvalue weighted by Gasteiger charge is -2.38. The van der Waals surface area contributed by atoms with Crippen LogP contribution in [0.25, 0.3) is 0 Å². The van der Waals surface area contributed by atoms with Gasteiger partial charge in [-0.05, 0) is 56.2 Å².